The number of thiocarbonyl (C=S) groups is 1. The zero-order chi connectivity index (χ0) is 20.4. The van der Waals surface area contributed by atoms with Gasteiger partial charge in [0, 0.05) is 20.0 Å². The highest BCUT2D eigenvalue weighted by Gasteiger charge is 2.25. The minimum absolute atomic E-state index is 0.0115. The van der Waals surface area contributed by atoms with Gasteiger partial charge in [0.1, 0.15) is 6.04 Å². The molecule has 2 amide bonds. The molecule has 0 saturated heterocycles. The van der Waals surface area contributed by atoms with Crippen molar-refractivity contribution in [2.75, 3.05) is 20.2 Å². The van der Waals surface area contributed by atoms with Crippen LogP contribution in [0, 0.1) is 0 Å². The second kappa shape index (κ2) is 11.5. The number of nitrogens with one attached hydrogen (secondary N) is 3. The van der Waals surface area contributed by atoms with E-state index in [1.165, 1.54) is 14.0 Å². The van der Waals surface area contributed by atoms with Gasteiger partial charge in [-0.2, -0.15) is 0 Å². The molecule has 0 aliphatic rings. The lowest BCUT2D eigenvalue weighted by Crippen LogP contribution is -2.57. The summed E-state index contributed by atoms with van der Waals surface area (Å²) >= 11 is 4.98. The molecule has 0 aliphatic carbocycles. The number of carbonyl (C=O) groups excluding carboxylic acids is 2. The summed E-state index contributed by atoms with van der Waals surface area (Å²) in [5.41, 5.74) is 13.3. The number of aliphatic hydroxyl groups excluding tert-OH is 2. The van der Waals surface area contributed by atoms with Crippen molar-refractivity contribution < 1.29 is 29.7 Å². The first-order valence-corrected chi connectivity index (χ1v) is 8.04. The summed E-state index contributed by atoms with van der Waals surface area (Å²) in [4.78, 5) is 34.0. The van der Waals surface area contributed by atoms with Gasteiger partial charge < -0.3 is 37.4 Å². The van der Waals surface area contributed by atoms with Crippen molar-refractivity contribution in [2.45, 2.75) is 37.6 Å². The molecule has 0 heterocycles. The number of hydrogen-bond donors (Lipinski definition) is 8. The Morgan fingerprint density at radius 2 is 1.85 bits per heavy atom. The fraction of sp³-hybridized carbons (Fsp3) is 0.692. The number of carbonyl (C=O) groups is 3. The van der Waals surface area contributed by atoms with Gasteiger partial charge in [0.25, 0.3) is 5.91 Å². The number of nitrogens with two attached hydrogens (primary N) is 2. The molecule has 0 aromatic rings. The largest absolute Gasteiger partial charge is 0.480 e. The molecular weight excluding hydrogens is 368 g/mol. The molecule has 12 nitrogen and oxygen atoms in total. The summed E-state index contributed by atoms with van der Waals surface area (Å²) in [5, 5.41) is 33.3. The average molecular weight is 394 g/mol. The molecule has 150 valence electrons. The molecule has 4 atom stereocenters. The number of aliphatic carboxylic acids is 1. The summed E-state index contributed by atoms with van der Waals surface area (Å²) in [7, 11) is 1.38. The van der Waals surface area contributed by atoms with Crippen LogP contribution in [0.1, 0.15) is 13.3 Å². The van der Waals surface area contributed by atoms with Gasteiger partial charge in [-0.3, -0.25) is 14.6 Å². The standard InChI is InChI=1S/C13H26N6O6S/c1-6(21)10(12(24)25)18-13(26)17-7(3-9(15)22)4-16-19(2)11(23)8(14)5-20/h6-8,10,16,20-21H,3-5,14H2,1-2H3,(H2,15,22)(H,24,25)(H2,17,18,26)/t6?,7?,8-,10-/m0/s1. The van der Waals surface area contributed by atoms with Gasteiger partial charge in [-0.05, 0) is 19.1 Å². The van der Waals surface area contributed by atoms with E-state index in [2.05, 4.69) is 16.1 Å². The van der Waals surface area contributed by atoms with Crippen molar-refractivity contribution in [3.63, 3.8) is 0 Å². The summed E-state index contributed by atoms with van der Waals surface area (Å²) < 4.78 is 0. The molecule has 0 radical (unpaired) electrons. The summed E-state index contributed by atoms with van der Waals surface area (Å²) in [6, 6.07) is -3.12. The number of nitrogens with zero attached hydrogens (tertiary/aromatic N) is 1. The number of carboxylic acid groups (broad SMARTS) is 1. The fourth-order valence-corrected chi connectivity index (χ4v) is 2.12. The van der Waals surface area contributed by atoms with Crippen LogP contribution >= 0.6 is 12.2 Å². The summed E-state index contributed by atoms with van der Waals surface area (Å²) in [6.07, 6.45) is -1.39. The van der Waals surface area contributed by atoms with Crippen LogP contribution in [0.2, 0.25) is 0 Å². The number of rotatable bonds is 11. The highest BCUT2D eigenvalue weighted by atomic mass is 32.1. The molecule has 0 spiro atoms. The Kier molecular flexibility index (Phi) is 10.6. The topological polar surface area (TPSA) is 203 Å². The van der Waals surface area contributed by atoms with Gasteiger partial charge in [-0.15, -0.1) is 0 Å². The molecule has 0 aromatic heterocycles. The Hall–Kier alpha value is -2.06. The number of carboxylic acids is 1. The second-order valence-corrected chi connectivity index (χ2v) is 6.00. The lowest BCUT2D eigenvalue weighted by atomic mass is 10.2. The van der Waals surface area contributed by atoms with E-state index in [-0.39, 0.29) is 18.1 Å². The number of aliphatic hydroxyl groups is 2. The highest BCUT2D eigenvalue weighted by molar-refractivity contribution is 7.80. The van der Waals surface area contributed by atoms with E-state index in [0.29, 0.717) is 0 Å². The van der Waals surface area contributed by atoms with Crippen molar-refractivity contribution in [3.05, 3.63) is 0 Å². The molecule has 10 N–H and O–H groups in total. The van der Waals surface area contributed by atoms with Gasteiger partial charge in [-0.25, -0.2) is 10.2 Å². The molecule has 0 aromatic carbocycles. The van der Waals surface area contributed by atoms with Crippen molar-refractivity contribution >= 4 is 35.1 Å². The smallest absolute Gasteiger partial charge is 0.328 e. The number of hydrogen-bond acceptors (Lipinski definition) is 8. The Bertz CT molecular complexity index is 519. The third-order valence-corrected chi connectivity index (χ3v) is 3.47. The van der Waals surface area contributed by atoms with E-state index < -0.39 is 48.6 Å². The maximum atomic E-state index is 11.8. The molecular formula is C13H26N6O6S. The highest BCUT2D eigenvalue weighted by Crippen LogP contribution is 1.96. The minimum Gasteiger partial charge on any atom is -0.480 e. The third kappa shape index (κ3) is 8.87. The number of hydrazine groups is 1. The van der Waals surface area contributed by atoms with Crippen molar-refractivity contribution in [2.24, 2.45) is 11.5 Å². The van der Waals surface area contributed by atoms with Crippen LogP contribution in [-0.2, 0) is 14.4 Å². The SMILES string of the molecule is CC(O)[C@H](NC(=S)NC(CNN(C)C(=O)[C@@H](N)CO)CC(N)=O)C(=O)O. The van der Waals surface area contributed by atoms with Crippen LogP contribution < -0.4 is 27.5 Å². The summed E-state index contributed by atoms with van der Waals surface area (Å²) in [5.74, 6) is -2.54. The Labute approximate surface area is 155 Å². The maximum absolute atomic E-state index is 11.8. The molecule has 0 saturated carbocycles. The number of amides is 2. The van der Waals surface area contributed by atoms with Crippen molar-refractivity contribution in [1.29, 1.82) is 0 Å². The molecule has 0 fully saturated rings. The van der Waals surface area contributed by atoms with Crippen LogP contribution in [0.4, 0.5) is 0 Å². The van der Waals surface area contributed by atoms with Crippen LogP contribution in [0.25, 0.3) is 0 Å². The fourth-order valence-electron chi connectivity index (χ4n) is 1.83. The van der Waals surface area contributed by atoms with Crippen molar-refractivity contribution in [1.82, 2.24) is 21.1 Å². The van der Waals surface area contributed by atoms with Crippen LogP contribution in [0.3, 0.4) is 0 Å². The molecule has 26 heavy (non-hydrogen) atoms. The first-order chi connectivity index (χ1) is 12.0. The van der Waals surface area contributed by atoms with E-state index in [1.807, 2.05) is 0 Å². The van der Waals surface area contributed by atoms with Gasteiger partial charge in [0.15, 0.2) is 11.2 Å². The van der Waals surface area contributed by atoms with Crippen LogP contribution in [-0.4, -0.2) is 87.7 Å². The van der Waals surface area contributed by atoms with E-state index in [4.69, 9.17) is 33.9 Å². The van der Waals surface area contributed by atoms with Crippen molar-refractivity contribution in [3.8, 4) is 0 Å². The quantitative estimate of drug-likeness (QED) is 0.125. The Morgan fingerprint density at radius 1 is 1.27 bits per heavy atom. The molecule has 0 rings (SSSR count). The summed E-state index contributed by atoms with van der Waals surface area (Å²) in [6.45, 7) is 0.761. The second-order valence-electron chi connectivity index (χ2n) is 5.59. The third-order valence-electron chi connectivity index (χ3n) is 3.24. The molecule has 2 unspecified atom stereocenters. The zero-order valence-electron chi connectivity index (χ0n) is 14.5. The lowest BCUT2D eigenvalue weighted by molar-refractivity contribution is -0.141. The Morgan fingerprint density at radius 3 is 2.27 bits per heavy atom. The van der Waals surface area contributed by atoms with Crippen LogP contribution in [0.15, 0.2) is 0 Å². The molecule has 0 bridgehead atoms. The van der Waals surface area contributed by atoms with Gasteiger partial charge in [0.2, 0.25) is 5.91 Å². The minimum atomic E-state index is -1.34. The molecule has 0 aliphatic heterocycles. The van der Waals surface area contributed by atoms with E-state index in [0.717, 1.165) is 5.01 Å². The van der Waals surface area contributed by atoms with E-state index in [1.54, 1.807) is 0 Å². The number of likely N-dealkylation sites (N-methyl/N-ethyl adjacent to an activating group) is 1. The van der Waals surface area contributed by atoms with Gasteiger partial charge in [0.05, 0.1) is 18.8 Å². The van der Waals surface area contributed by atoms with Gasteiger partial charge >= 0.3 is 5.97 Å². The Balaban J connectivity index is 4.79. The predicted octanol–water partition coefficient (Wildman–Crippen LogP) is -4.19. The predicted molar refractivity (Wildman–Crippen MR) is 95.4 cm³/mol. The monoisotopic (exact) mass is 394 g/mol. The van der Waals surface area contributed by atoms with Crippen LogP contribution in [0.5, 0.6) is 0 Å². The average Bonchev–Trinajstić information content (AvgIpc) is 2.54. The first kappa shape index (κ1) is 23.9. The zero-order valence-corrected chi connectivity index (χ0v) is 15.3. The number of primary amides is 1. The lowest BCUT2D eigenvalue weighted by Gasteiger charge is -2.27. The normalized spacial score (nSPS) is 15.3. The first-order valence-electron chi connectivity index (χ1n) is 7.63. The molecule has 13 heteroatoms. The maximum Gasteiger partial charge on any atom is 0.328 e. The van der Waals surface area contributed by atoms with E-state index in [9.17, 15) is 19.5 Å². The van der Waals surface area contributed by atoms with Gasteiger partial charge in [-0.1, -0.05) is 0 Å². The van der Waals surface area contributed by atoms with E-state index >= 15 is 0 Å².